The van der Waals surface area contributed by atoms with Crippen LogP contribution in [0.4, 0.5) is 5.82 Å². The SMILES string of the molecule is Cc1ccn(-c2nc(NC(=O)c3ccccc3)cnc2-c2cc(Cl)c3ncccc3c2)n1. The third-order valence-corrected chi connectivity index (χ3v) is 5.19. The molecule has 2 aromatic carbocycles. The summed E-state index contributed by atoms with van der Waals surface area (Å²) in [6, 6.07) is 18.4. The molecule has 0 radical (unpaired) electrons. The number of rotatable bonds is 4. The third-order valence-electron chi connectivity index (χ3n) is 4.90. The molecule has 0 saturated heterocycles. The summed E-state index contributed by atoms with van der Waals surface area (Å²) >= 11 is 6.49. The number of nitrogens with zero attached hydrogens (tertiary/aromatic N) is 5. The van der Waals surface area contributed by atoms with Gasteiger partial charge in [0.25, 0.3) is 5.91 Å². The number of fused-ring (bicyclic) bond motifs is 1. The highest BCUT2D eigenvalue weighted by Gasteiger charge is 2.16. The lowest BCUT2D eigenvalue weighted by Crippen LogP contribution is -2.14. The van der Waals surface area contributed by atoms with Gasteiger partial charge in [-0.1, -0.05) is 35.9 Å². The molecule has 5 aromatic rings. The highest BCUT2D eigenvalue weighted by atomic mass is 35.5. The monoisotopic (exact) mass is 440 g/mol. The van der Waals surface area contributed by atoms with Crippen molar-refractivity contribution >= 4 is 34.2 Å². The zero-order valence-electron chi connectivity index (χ0n) is 17.0. The number of hydrogen-bond donors (Lipinski definition) is 1. The summed E-state index contributed by atoms with van der Waals surface area (Å²) in [5.41, 5.74) is 3.43. The maximum Gasteiger partial charge on any atom is 0.256 e. The molecule has 0 saturated carbocycles. The van der Waals surface area contributed by atoms with Crippen molar-refractivity contribution in [1.82, 2.24) is 24.7 Å². The number of pyridine rings is 1. The summed E-state index contributed by atoms with van der Waals surface area (Å²) in [4.78, 5) is 26.2. The van der Waals surface area contributed by atoms with Crippen LogP contribution in [-0.2, 0) is 0 Å². The van der Waals surface area contributed by atoms with E-state index >= 15 is 0 Å². The van der Waals surface area contributed by atoms with Gasteiger partial charge in [0.15, 0.2) is 11.6 Å². The van der Waals surface area contributed by atoms with E-state index in [0.29, 0.717) is 33.4 Å². The molecule has 5 rings (SSSR count). The van der Waals surface area contributed by atoms with Crippen LogP contribution in [0.15, 0.2) is 79.3 Å². The fraction of sp³-hybridized carbons (Fsp3) is 0.0417. The van der Waals surface area contributed by atoms with Gasteiger partial charge in [0.05, 0.1) is 22.4 Å². The van der Waals surface area contributed by atoms with Crippen LogP contribution in [0.1, 0.15) is 16.1 Å². The van der Waals surface area contributed by atoms with Crippen molar-refractivity contribution in [3.63, 3.8) is 0 Å². The van der Waals surface area contributed by atoms with Gasteiger partial charge in [-0.3, -0.25) is 9.78 Å². The van der Waals surface area contributed by atoms with E-state index in [0.717, 1.165) is 16.6 Å². The lowest BCUT2D eigenvalue weighted by atomic mass is 10.1. The Hall–Kier alpha value is -4.10. The number of carbonyl (C=O) groups is 1. The van der Waals surface area contributed by atoms with Crippen molar-refractivity contribution in [2.75, 3.05) is 5.32 Å². The zero-order chi connectivity index (χ0) is 22.1. The first kappa shape index (κ1) is 19.8. The molecule has 3 heterocycles. The van der Waals surface area contributed by atoms with Gasteiger partial charge in [-0.2, -0.15) is 5.10 Å². The molecule has 0 aliphatic rings. The van der Waals surface area contributed by atoms with Crippen LogP contribution in [-0.4, -0.2) is 30.6 Å². The number of nitrogens with one attached hydrogen (secondary N) is 1. The Morgan fingerprint density at radius 2 is 1.88 bits per heavy atom. The van der Waals surface area contributed by atoms with Crippen molar-refractivity contribution in [2.24, 2.45) is 0 Å². The first-order chi connectivity index (χ1) is 15.6. The van der Waals surface area contributed by atoms with E-state index in [1.54, 1.807) is 41.3 Å². The average molecular weight is 441 g/mol. The number of anilines is 1. The van der Waals surface area contributed by atoms with E-state index < -0.39 is 0 Å². The summed E-state index contributed by atoms with van der Waals surface area (Å²) in [7, 11) is 0. The van der Waals surface area contributed by atoms with Gasteiger partial charge in [0.1, 0.15) is 5.69 Å². The van der Waals surface area contributed by atoms with Gasteiger partial charge in [0, 0.05) is 28.9 Å². The third kappa shape index (κ3) is 3.81. The van der Waals surface area contributed by atoms with Gasteiger partial charge >= 0.3 is 0 Å². The van der Waals surface area contributed by atoms with Gasteiger partial charge in [0.2, 0.25) is 0 Å². The number of carbonyl (C=O) groups excluding carboxylic acids is 1. The van der Waals surface area contributed by atoms with Crippen molar-refractivity contribution in [3.8, 4) is 17.1 Å². The van der Waals surface area contributed by atoms with Crippen LogP contribution in [0.3, 0.4) is 0 Å². The lowest BCUT2D eigenvalue weighted by molar-refractivity contribution is 0.102. The molecular weight excluding hydrogens is 424 g/mol. The topological polar surface area (TPSA) is 85.6 Å². The molecular formula is C24H17ClN6O. The molecule has 7 nitrogen and oxygen atoms in total. The average Bonchev–Trinajstić information content (AvgIpc) is 3.26. The van der Waals surface area contributed by atoms with Crippen molar-refractivity contribution in [2.45, 2.75) is 6.92 Å². The normalized spacial score (nSPS) is 10.9. The number of halogens is 1. The van der Waals surface area contributed by atoms with E-state index in [1.165, 1.54) is 6.20 Å². The Labute approximate surface area is 188 Å². The van der Waals surface area contributed by atoms with Crippen LogP contribution >= 0.6 is 11.6 Å². The fourth-order valence-corrected chi connectivity index (χ4v) is 3.67. The molecule has 0 atom stereocenters. The van der Waals surface area contributed by atoms with E-state index in [2.05, 4.69) is 25.4 Å². The Morgan fingerprint density at radius 1 is 1.03 bits per heavy atom. The first-order valence-corrected chi connectivity index (χ1v) is 10.3. The number of aryl methyl sites for hydroxylation is 1. The van der Waals surface area contributed by atoms with E-state index in [4.69, 9.17) is 11.6 Å². The highest BCUT2D eigenvalue weighted by molar-refractivity contribution is 6.35. The van der Waals surface area contributed by atoms with Gasteiger partial charge < -0.3 is 5.32 Å². The van der Waals surface area contributed by atoms with Crippen molar-refractivity contribution < 1.29 is 4.79 Å². The minimum Gasteiger partial charge on any atom is -0.305 e. The van der Waals surface area contributed by atoms with E-state index in [9.17, 15) is 4.79 Å². The van der Waals surface area contributed by atoms with Crippen molar-refractivity contribution in [3.05, 3.63) is 95.5 Å². The second-order valence-electron chi connectivity index (χ2n) is 7.18. The van der Waals surface area contributed by atoms with Crippen LogP contribution < -0.4 is 5.32 Å². The van der Waals surface area contributed by atoms with Crippen LogP contribution in [0.25, 0.3) is 28.0 Å². The minimum absolute atomic E-state index is 0.268. The molecule has 0 unspecified atom stereocenters. The summed E-state index contributed by atoms with van der Waals surface area (Å²) in [6.07, 6.45) is 5.03. The first-order valence-electron chi connectivity index (χ1n) is 9.89. The molecule has 0 bridgehead atoms. The van der Waals surface area contributed by atoms with Crippen LogP contribution in [0, 0.1) is 6.92 Å². The van der Waals surface area contributed by atoms with Crippen LogP contribution in [0.5, 0.6) is 0 Å². The Balaban J connectivity index is 1.61. The molecule has 0 aliphatic heterocycles. The molecule has 3 aromatic heterocycles. The maximum absolute atomic E-state index is 12.6. The highest BCUT2D eigenvalue weighted by Crippen LogP contribution is 2.31. The quantitative estimate of drug-likeness (QED) is 0.420. The molecule has 0 fully saturated rings. The molecule has 32 heavy (non-hydrogen) atoms. The summed E-state index contributed by atoms with van der Waals surface area (Å²) < 4.78 is 1.64. The number of amides is 1. The predicted octanol–water partition coefficient (Wildman–Crippen LogP) is 5.09. The molecule has 0 spiro atoms. The second-order valence-corrected chi connectivity index (χ2v) is 7.59. The predicted molar refractivity (Wildman–Crippen MR) is 124 cm³/mol. The van der Waals surface area contributed by atoms with E-state index in [1.807, 2.05) is 43.3 Å². The van der Waals surface area contributed by atoms with Gasteiger partial charge in [-0.25, -0.2) is 14.6 Å². The molecule has 1 amide bonds. The molecule has 156 valence electrons. The zero-order valence-corrected chi connectivity index (χ0v) is 17.8. The maximum atomic E-state index is 12.6. The largest absolute Gasteiger partial charge is 0.305 e. The van der Waals surface area contributed by atoms with Gasteiger partial charge in [-0.05, 0) is 43.3 Å². The van der Waals surface area contributed by atoms with Crippen molar-refractivity contribution in [1.29, 1.82) is 0 Å². The summed E-state index contributed by atoms with van der Waals surface area (Å²) in [5.74, 6) is 0.526. The molecule has 1 N–H and O–H groups in total. The fourth-order valence-electron chi connectivity index (χ4n) is 3.40. The number of hydrogen-bond acceptors (Lipinski definition) is 5. The Morgan fingerprint density at radius 3 is 2.66 bits per heavy atom. The Bertz CT molecular complexity index is 1450. The summed E-state index contributed by atoms with van der Waals surface area (Å²) in [5, 5.41) is 8.70. The van der Waals surface area contributed by atoms with Crippen LogP contribution in [0.2, 0.25) is 5.02 Å². The van der Waals surface area contributed by atoms with E-state index in [-0.39, 0.29) is 5.91 Å². The standard InChI is InChI=1S/C24H17ClN6O/c1-15-9-11-31(30-15)23-22(18-12-17-8-5-10-26-21(17)19(25)13-18)27-14-20(28-23)29-24(32)16-6-3-2-4-7-16/h2-14H,1H3,(H,28,29,32). The smallest absolute Gasteiger partial charge is 0.256 e. The lowest BCUT2D eigenvalue weighted by Gasteiger charge is -2.12. The number of benzene rings is 2. The second kappa shape index (κ2) is 8.20. The minimum atomic E-state index is -0.268. The van der Waals surface area contributed by atoms with Gasteiger partial charge in [-0.15, -0.1) is 0 Å². The Kier molecular flexibility index (Phi) is 5.09. The number of aromatic nitrogens is 5. The molecule has 8 heteroatoms. The molecule has 0 aliphatic carbocycles. The summed E-state index contributed by atoms with van der Waals surface area (Å²) in [6.45, 7) is 1.89.